The molecule has 0 unspecified atom stereocenters. The summed E-state index contributed by atoms with van der Waals surface area (Å²) in [5.41, 5.74) is 0. The average Bonchev–Trinajstić information content (AvgIpc) is 2.79. The van der Waals surface area contributed by atoms with Crippen molar-refractivity contribution in [3.05, 3.63) is 0 Å². The molecule has 0 aliphatic heterocycles. The van der Waals surface area contributed by atoms with E-state index in [1.807, 2.05) is 0 Å². The van der Waals surface area contributed by atoms with Crippen LogP contribution in [0.2, 0.25) is 0 Å². The minimum Gasteiger partial charge on any atom is -0.271 e. The third-order valence-electron chi connectivity index (χ3n) is 6.26. The molecule has 32 heavy (non-hydrogen) atoms. The molecular formula is C28H54N2O2. The number of carbonyl (C=O) groups excluding carboxylic acids is 2. The van der Waals surface area contributed by atoms with Gasteiger partial charge in [0.2, 0.25) is 0 Å². The van der Waals surface area contributed by atoms with Crippen LogP contribution in [0.1, 0.15) is 168 Å². The number of nitrogens with zero attached hydrogens (tertiary/aromatic N) is 2. The predicted molar refractivity (Wildman–Crippen MR) is 137 cm³/mol. The van der Waals surface area contributed by atoms with Crippen LogP contribution < -0.4 is 0 Å². The van der Waals surface area contributed by atoms with Crippen LogP contribution in [0.15, 0.2) is 10.2 Å². The van der Waals surface area contributed by atoms with Crippen LogP contribution in [-0.2, 0) is 9.59 Å². The van der Waals surface area contributed by atoms with E-state index in [4.69, 9.17) is 0 Å². The van der Waals surface area contributed by atoms with Gasteiger partial charge in [0.05, 0.1) is 0 Å². The summed E-state index contributed by atoms with van der Waals surface area (Å²) in [7, 11) is 0. The normalized spacial score (nSPS) is 11.4. The number of azo groups is 1. The van der Waals surface area contributed by atoms with Crippen LogP contribution in [0.25, 0.3) is 0 Å². The average molecular weight is 451 g/mol. The highest BCUT2D eigenvalue weighted by Gasteiger charge is 2.03. The van der Waals surface area contributed by atoms with Gasteiger partial charge in [0, 0.05) is 12.8 Å². The Labute approximate surface area is 199 Å². The van der Waals surface area contributed by atoms with E-state index < -0.39 is 0 Å². The number of carbonyl (C=O) groups is 2. The Hall–Kier alpha value is -1.06. The lowest BCUT2D eigenvalue weighted by Crippen LogP contribution is -1.96. The minimum absolute atomic E-state index is 0.242. The van der Waals surface area contributed by atoms with Gasteiger partial charge in [-0.25, -0.2) is 0 Å². The number of rotatable bonds is 24. The molecule has 0 aromatic carbocycles. The van der Waals surface area contributed by atoms with E-state index in [1.54, 1.807) is 0 Å². The Kier molecular flexibility index (Phi) is 25.3. The molecule has 0 bridgehead atoms. The fraction of sp³-hybridized carbons (Fsp3) is 0.929. The number of amides is 2. The lowest BCUT2D eigenvalue weighted by Gasteiger charge is -2.02. The molecule has 188 valence electrons. The molecule has 0 atom stereocenters. The predicted octanol–water partition coefficient (Wildman–Crippen LogP) is 9.89. The van der Waals surface area contributed by atoms with Gasteiger partial charge in [-0.3, -0.25) is 9.59 Å². The van der Waals surface area contributed by atoms with Gasteiger partial charge in [-0.15, -0.1) is 10.2 Å². The van der Waals surface area contributed by atoms with Crippen molar-refractivity contribution < 1.29 is 9.59 Å². The second-order valence-electron chi connectivity index (χ2n) is 9.56. The fourth-order valence-corrected chi connectivity index (χ4v) is 4.09. The molecule has 0 N–H and O–H groups in total. The first kappa shape index (κ1) is 30.9. The SMILES string of the molecule is CCCCCCCCCCCCCC(=O)N=NC(=O)CCCCCCCCCCCCC. The highest BCUT2D eigenvalue weighted by Crippen LogP contribution is 2.13. The maximum atomic E-state index is 11.8. The summed E-state index contributed by atoms with van der Waals surface area (Å²) in [6.45, 7) is 4.51. The zero-order valence-corrected chi connectivity index (χ0v) is 21.7. The molecular weight excluding hydrogens is 396 g/mol. The second-order valence-corrected chi connectivity index (χ2v) is 9.56. The third kappa shape index (κ3) is 25.2. The lowest BCUT2D eigenvalue weighted by atomic mass is 10.1. The standard InChI is InChI=1S/C28H54N2O2/c1-3-5-7-9-11-13-15-17-19-21-23-25-27(31)29-30-28(32)26-24-22-20-18-16-14-12-10-8-6-4-2/h3-26H2,1-2H3. The Balaban J connectivity index is 3.39. The Bertz CT molecular complexity index is 409. The summed E-state index contributed by atoms with van der Waals surface area (Å²) in [5.74, 6) is -0.485. The molecule has 0 fully saturated rings. The molecule has 0 rings (SSSR count). The van der Waals surface area contributed by atoms with E-state index in [9.17, 15) is 9.59 Å². The second kappa shape index (κ2) is 26.2. The van der Waals surface area contributed by atoms with E-state index >= 15 is 0 Å². The largest absolute Gasteiger partial charge is 0.271 e. The zero-order chi connectivity index (χ0) is 23.5. The first-order chi connectivity index (χ1) is 15.7. The highest BCUT2D eigenvalue weighted by atomic mass is 16.2. The topological polar surface area (TPSA) is 58.9 Å². The summed E-state index contributed by atoms with van der Waals surface area (Å²) >= 11 is 0. The van der Waals surface area contributed by atoms with Gasteiger partial charge in [-0.05, 0) is 12.8 Å². The number of hydrogen-bond acceptors (Lipinski definition) is 2. The van der Waals surface area contributed by atoms with Gasteiger partial charge < -0.3 is 0 Å². The molecule has 0 saturated carbocycles. The Morgan fingerprint density at radius 3 is 0.844 bits per heavy atom. The molecule has 0 saturated heterocycles. The van der Waals surface area contributed by atoms with Gasteiger partial charge in [0.1, 0.15) is 0 Å². The van der Waals surface area contributed by atoms with Gasteiger partial charge in [0.25, 0.3) is 11.8 Å². The van der Waals surface area contributed by atoms with E-state index in [-0.39, 0.29) is 11.8 Å². The van der Waals surface area contributed by atoms with Crippen LogP contribution in [0, 0.1) is 0 Å². The summed E-state index contributed by atoms with van der Waals surface area (Å²) < 4.78 is 0. The molecule has 2 amide bonds. The van der Waals surface area contributed by atoms with Gasteiger partial charge in [-0.2, -0.15) is 0 Å². The molecule has 0 spiro atoms. The van der Waals surface area contributed by atoms with E-state index in [0.717, 1.165) is 25.7 Å². The quantitative estimate of drug-likeness (QED) is 0.108. The van der Waals surface area contributed by atoms with Crippen LogP contribution in [0.5, 0.6) is 0 Å². The van der Waals surface area contributed by atoms with E-state index in [2.05, 4.69) is 24.1 Å². The van der Waals surface area contributed by atoms with Gasteiger partial charge in [-0.1, -0.05) is 142 Å². The summed E-state index contributed by atoms with van der Waals surface area (Å²) in [4.78, 5) is 23.5. The minimum atomic E-state index is -0.242. The van der Waals surface area contributed by atoms with Crippen LogP contribution in [0.4, 0.5) is 0 Å². The van der Waals surface area contributed by atoms with E-state index in [0.29, 0.717) is 12.8 Å². The number of hydrogen-bond donors (Lipinski definition) is 0. The fourth-order valence-electron chi connectivity index (χ4n) is 4.09. The van der Waals surface area contributed by atoms with Crippen LogP contribution >= 0.6 is 0 Å². The molecule has 0 aliphatic carbocycles. The monoisotopic (exact) mass is 450 g/mol. The summed E-state index contributed by atoms with van der Waals surface area (Å²) in [5, 5.41) is 7.23. The van der Waals surface area contributed by atoms with Crippen molar-refractivity contribution in [2.24, 2.45) is 10.2 Å². The first-order valence-corrected chi connectivity index (χ1v) is 14.2. The smallest absolute Gasteiger partial charge is 0.264 e. The summed E-state index contributed by atoms with van der Waals surface area (Å²) in [6.07, 6.45) is 28.6. The molecule has 0 radical (unpaired) electrons. The zero-order valence-electron chi connectivity index (χ0n) is 21.7. The van der Waals surface area contributed by atoms with Crippen LogP contribution in [-0.4, -0.2) is 11.8 Å². The van der Waals surface area contributed by atoms with Crippen molar-refractivity contribution >= 4 is 11.8 Å². The van der Waals surface area contributed by atoms with Crippen molar-refractivity contribution in [1.82, 2.24) is 0 Å². The molecule has 0 aliphatic rings. The van der Waals surface area contributed by atoms with Crippen molar-refractivity contribution in [2.45, 2.75) is 168 Å². The molecule has 4 nitrogen and oxygen atoms in total. The molecule has 0 aromatic rings. The van der Waals surface area contributed by atoms with Crippen molar-refractivity contribution in [3.8, 4) is 0 Å². The first-order valence-electron chi connectivity index (χ1n) is 14.2. The molecule has 0 aromatic heterocycles. The maximum absolute atomic E-state index is 11.8. The summed E-state index contributed by atoms with van der Waals surface area (Å²) in [6, 6.07) is 0. The lowest BCUT2D eigenvalue weighted by molar-refractivity contribution is -0.122. The van der Waals surface area contributed by atoms with Gasteiger partial charge >= 0.3 is 0 Å². The molecule has 0 heterocycles. The Morgan fingerprint density at radius 1 is 0.375 bits per heavy atom. The number of unbranched alkanes of at least 4 members (excludes halogenated alkanes) is 20. The molecule has 4 heteroatoms. The Morgan fingerprint density at radius 2 is 0.594 bits per heavy atom. The maximum Gasteiger partial charge on any atom is 0.264 e. The van der Waals surface area contributed by atoms with E-state index in [1.165, 1.54) is 116 Å². The van der Waals surface area contributed by atoms with Gasteiger partial charge in [0.15, 0.2) is 0 Å². The van der Waals surface area contributed by atoms with Crippen LogP contribution in [0.3, 0.4) is 0 Å². The highest BCUT2D eigenvalue weighted by molar-refractivity contribution is 5.81. The van der Waals surface area contributed by atoms with Crippen molar-refractivity contribution in [1.29, 1.82) is 0 Å². The third-order valence-corrected chi connectivity index (χ3v) is 6.26. The van der Waals surface area contributed by atoms with Crippen molar-refractivity contribution in [2.75, 3.05) is 0 Å². The van der Waals surface area contributed by atoms with Crippen molar-refractivity contribution in [3.63, 3.8) is 0 Å².